The van der Waals surface area contributed by atoms with Crippen molar-refractivity contribution in [3.05, 3.63) is 79.1 Å². The average Bonchev–Trinajstić information content (AvgIpc) is 3.63. The summed E-state index contributed by atoms with van der Waals surface area (Å²) in [6.45, 7) is 3.60. The van der Waals surface area contributed by atoms with Crippen molar-refractivity contribution in [2.45, 2.75) is 63.5 Å². The zero-order chi connectivity index (χ0) is 26.3. The third kappa shape index (κ3) is 4.45. The second-order valence-electron chi connectivity index (χ2n) is 10.3. The molecule has 1 saturated heterocycles. The second-order valence-corrected chi connectivity index (χ2v) is 12.6. The van der Waals surface area contributed by atoms with E-state index >= 15 is 0 Å². The molecule has 1 aliphatic heterocycles. The van der Waals surface area contributed by atoms with E-state index in [0.717, 1.165) is 42.5 Å². The fourth-order valence-electron chi connectivity index (χ4n) is 6.33. The Morgan fingerprint density at radius 1 is 1.00 bits per heavy atom. The molecule has 5 nitrogen and oxygen atoms in total. The monoisotopic (exact) mass is 555 g/mol. The molecule has 1 saturated carbocycles. The Hall–Kier alpha value is -2.48. The van der Waals surface area contributed by atoms with Crippen LogP contribution in [-0.2, 0) is 9.59 Å². The number of aliphatic carboxylic acids is 1. The number of likely N-dealkylation sites (tertiary alicyclic amines) is 1. The van der Waals surface area contributed by atoms with Crippen LogP contribution in [0, 0.1) is 18.8 Å². The molecule has 0 bridgehead atoms. The van der Waals surface area contributed by atoms with Gasteiger partial charge in [0.15, 0.2) is 5.78 Å². The fraction of sp³-hybridized carbons (Fsp3) is 0.414. The van der Waals surface area contributed by atoms with Gasteiger partial charge in [-0.25, -0.2) is 4.79 Å². The first kappa shape index (κ1) is 26.1. The lowest BCUT2D eigenvalue weighted by atomic mass is 9.73. The summed E-state index contributed by atoms with van der Waals surface area (Å²) in [4.78, 5) is 45.0. The second kappa shape index (κ2) is 10.4. The standard InChI is InChI=1S/C29H30ClNO4S2/c1-17-14-16-37-26(17)24-22(25(32)21-9-6-15-36-21)23(18-10-12-20(30)13-11-18)29(2,28(34)35)31(24)27(33)19-7-4-3-5-8-19/h6,9-16,19,22-24H,3-5,7-8H2,1-2H3,(H,34,35). The van der Waals surface area contributed by atoms with Crippen molar-refractivity contribution >= 4 is 51.9 Å². The topological polar surface area (TPSA) is 74.7 Å². The molecule has 3 aromatic rings. The summed E-state index contributed by atoms with van der Waals surface area (Å²) in [6.07, 6.45) is 4.48. The van der Waals surface area contributed by atoms with Crippen LogP contribution in [0.4, 0.5) is 0 Å². The van der Waals surface area contributed by atoms with Gasteiger partial charge in [-0.3, -0.25) is 9.59 Å². The van der Waals surface area contributed by atoms with Crippen LogP contribution >= 0.6 is 34.3 Å². The van der Waals surface area contributed by atoms with Crippen LogP contribution in [0.1, 0.15) is 76.7 Å². The van der Waals surface area contributed by atoms with E-state index in [1.165, 1.54) is 22.7 Å². The van der Waals surface area contributed by atoms with Gasteiger partial charge < -0.3 is 10.0 Å². The number of carbonyl (C=O) groups is 3. The van der Waals surface area contributed by atoms with Gasteiger partial charge in [-0.1, -0.05) is 49.1 Å². The molecule has 4 unspecified atom stereocenters. The van der Waals surface area contributed by atoms with Gasteiger partial charge >= 0.3 is 5.97 Å². The number of nitrogens with zero attached hydrogens (tertiary/aromatic N) is 1. The van der Waals surface area contributed by atoms with E-state index in [-0.39, 0.29) is 17.6 Å². The number of hydrogen-bond acceptors (Lipinski definition) is 5. The summed E-state index contributed by atoms with van der Waals surface area (Å²) in [5.41, 5.74) is 0.0356. The first-order valence-electron chi connectivity index (χ1n) is 12.7. The van der Waals surface area contributed by atoms with E-state index in [9.17, 15) is 19.5 Å². The zero-order valence-electron chi connectivity index (χ0n) is 20.9. The molecule has 0 spiro atoms. The number of carboxylic acid groups (broad SMARTS) is 1. The number of benzene rings is 1. The number of rotatable bonds is 6. The van der Waals surface area contributed by atoms with Gasteiger partial charge in [0, 0.05) is 21.7 Å². The van der Waals surface area contributed by atoms with Crippen molar-refractivity contribution in [2.75, 3.05) is 0 Å². The Morgan fingerprint density at radius 2 is 1.70 bits per heavy atom. The van der Waals surface area contributed by atoms with E-state index < -0.39 is 29.4 Å². The van der Waals surface area contributed by atoms with Crippen LogP contribution in [0.5, 0.6) is 0 Å². The molecule has 5 rings (SSSR count). The van der Waals surface area contributed by atoms with Crippen LogP contribution < -0.4 is 0 Å². The van der Waals surface area contributed by atoms with Gasteiger partial charge in [0.2, 0.25) is 5.91 Å². The van der Waals surface area contributed by atoms with Crippen molar-refractivity contribution < 1.29 is 19.5 Å². The number of Topliss-reactive ketones (excluding diaryl/α,β-unsaturated/α-hetero) is 1. The molecule has 1 aliphatic carbocycles. The Bertz CT molecular complexity index is 1300. The molecule has 2 fully saturated rings. The van der Waals surface area contributed by atoms with Crippen molar-refractivity contribution in [1.29, 1.82) is 0 Å². The normalized spacial score (nSPS) is 26.4. The molecule has 1 N–H and O–H groups in total. The quantitative estimate of drug-likeness (QED) is 0.322. The van der Waals surface area contributed by atoms with Crippen molar-refractivity contribution in [3.8, 4) is 0 Å². The number of carbonyl (C=O) groups excluding carboxylic acids is 2. The molecule has 194 valence electrons. The van der Waals surface area contributed by atoms with E-state index in [1.807, 2.05) is 29.8 Å². The molecule has 1 amide bonds. The van der Waals surface area contributed by atoms with Crippen LogP contribution in [-0.4, -0.2) is 33.2 Å². The summed E-state index contributed by atoms with van der Waals surface area (Å²) < 4.78 is 0. The summed E-state index contributed by atoms with van der Waals surface area (Å²) in [6, 6.07) is 12.0. The number of carboxylic acids is 1. The van der Waals surface area contributed by atoms with Gasteiger partial charge in [-0.2, -0.15) is 0 Å². The van der Waals surface area contributed by atoms with Crippen LogP contribution in [0.25, 0.3) is 0 Å². The smallest absolute Gasteiger partial charge is 0.330 e. The summed E-state index contributed by atoms with van der Waals surface area (Å²) in [5, 5.41) is 15.2. The number of hydrogen-bond donors (Lipinski definition) is 1. The van der Waals surface area contributed by atoms with Crippen molar-refractivity contribution in [3.63, 3.8) is 0 Å². The molecule has 2 aliphatic rings. The maximum Gasteiger partial charge on any atom is 0.330 e. The minimum Gasteiger partial charge on any atom is -0.479 e. The third-order valence-electron chi connectivity index (χ3n) is 8.17. The van der Waals surface area contributed by atoms with E-state index in [4.69, 9.17) is 11.6 Å². The summed E-state index contributed by atoms with van der Waals surface area (Å²) in [7, 11) is 0. The average molecular weight is 556 g/mol. The highest BCUT2D eigenvalue weighted by molar-refractivity contribution is 7.12. The first-order valence-corrected chi connectivity index (χ1v) is 14.8. The lowest BCUT2D eigenvalue weighted by molar-refractivity contribution is -0.160. The fourth-order valence-corrected chi connectivity index (χ4v) is 8.23. The van der Waals surface area contributed by atoms with Gasteiger partial charge in [-0.05, 0) is 72.8 Å². The van der Waals surface area contributed by atoms with Gasteiger partial charge in [-0.15, -0.1) is 22.7 Å². The first-order chi connectivity index (χ1) is 17.7. The Balaban J connectivity index is 1.77. The summed E-state index contributed by atoms with van der Waals surface area (Å²) >= 11 is 9.04. The molecule has 3 heterocycles. The molecule has 4 atom stereocenters. The molecule has 0 radical (unpaired) electrons. The van der Waals surface area contributed by atoms with Gasteiger partial charge in [0.05, 0.1) is 16.8 Å². The minimum absolute atomic E-state index is 0.126. The molecule has 1 aromatic carbocycles. The maximum atomic E-state index is 14.4. The maximum absolute atomic E-state index is 14.4. The van der Waals surface area contributed by atoms with Crippen molar-refractivity contribution in [1.82, 2.24) is 4.90 Å². The third-order valence-corrected chi connectivity index (χ3v) is 10.4. The molecule has 8 heteroatoms. The van der Waals surface area contributed by atoms with E-state index in [0.29, 0.717) is 15.5 Å². The lowest BCUT2D eigenvalue weighted by Crippen LogP contribution is -2.55. The predicted molar refractivity (Wildman–Crippen MR) is 148 cm³/mol. The van der Waals surface area contributed by atoms with Gasteiger partial charge in [0.25, 0.3) is 0 Å². The number of aryl methyl sites for hydroxylation is 1. The van der Waals surface area contributed by atoms with E-state index in [1.54, 1.807) is 42.2 Å². The number of thiophene rings is 2. The molecule has 37 heavy (non-hydrogen) atoms. The Kier molecular flexibility index (Phi) is 7.31. The molecular weight excluding hydrogens is 526 g/mol. The SMILES string of the molecule is Cc1ccsc1C1C(C(=O)c2cccs2)C(c2ccc(Cl)cc2)C(C)(C(=O)O)N1C(=O)C1CCCCC1. The highest BCUT2D eigenvalue weighted by atomic mass is 35.5. The van der Waals surface area contributed by atoms with Crippen molar-refractivity contribution in [2.24, 2.45) is 11.8 Å². The van der Waals surface area contributed by atoms with Crippen LogP contribution in [0.3, 0.4) is 0 Å². The minimum atomic E-state index is -1.62. The lowest BCUT2D eigenvalue weighted by Gasteiger charge is -2.40. The van der Waals surface area contributed by atoms with E-state index in [2.05, 4.69) is 0 Å². The molecular formula is C29H30ClNO4S2. The number of amides is 1. The Morgan fingerprint density at radius 3 is 2.27 bits per heavy atom. The largest absolute Gasteiger partial charge is 0.479 e. The van der Waals surface area contributed by atoms with Crippen LogP contribution in [0.2, 0.25) is 5.02 Å². The van der Waals surface area contributed by atoms with Gasteiger partial charge in [0.1, 0.15) is 5.54 Å². The number of halogens is 1. The highest BCUT2D eigenvalue weighted by Gasteiger charge is 2.65. The highest BCUT2D eigenvalue weighted by Crippen LogP contribution is 2.58. The summed E-state index contributed by atoms with van der Waals surface area (Å²) in [5.74, 6) is -3.13. The number of ketones is 1. The molecule has 2 aromatic heterocycles. The predicted octanol–water partition coefficient (Wildman–Crippen LogP) is 7.36. The Labute approximate surface area is 230 Å². The van der Waals surface area contributed by atoms with Crippen LogP contribution in [0.15, 0.2) is 53.2 Å². The zero-order valence-corrected chi connectivity index (χ0v) is 23.2.